The SMILES string of the molecule is O=C(NC1CN(C(=O)Nc2cc(Cl)c(Cl)cn2)C1)C1CC1. The average Bonchev–Trinajstić information content (AvgIpc) is 3.21. The van der Waals surface area contributed by atoms with Gasteiger partial charge in [-0.25, -0.2) is 9.78 Å². The molecule has 1 aliphatic heterocycles. The number of halogens is 2. The highest BCUT2D eigenvalue weighted by molar-refractivity contribution is 6.42. The molecule has 1 aromatic heterocycles. The molecule has 0 spiro atoms. The molecule has 112 valence electrons. The summed E-state index contributed by atoms with van der Waals surface area (Å²) in [5.41, 5.74) is 0. The summed E-state index contributed by atoms with van der Waals surface area (Å²) in [7, 11) is 0. The molecule has 2 aliphatic rings. The van der Waals surface area contributed by atoms with Crippen molar-refractivity contribution in [3.63, 3.8) is 0 Å². The van der Waals surface area contributed by atoms with Crippen LogP contribution in [0.5, 0.6) is 0 Å². The number of aromatic nitrogens is 1. The van der Waals surface area contributed by atoms with Crippen LogP contribution >= 0.6 is 23.2 Å². The third-order valence-corrected chi connectivity index (χ3v) is 4.22. The van der Waals surface area contributed by atoms with E-state index in [-0.39, 0.29) is 23.9 Å². The predicted octanol–water partition coefficient (Wildman–Crippen LogP) is 2.13. The Labute approximate surface area is 131 Å². The lowest BCUT2D eigenvalue weighted by atomic mass is 10.1. The van der Waals surface area contributed by atoms with E-state index in [1.807, 2.05) is 0 Å². The minimum absolute atomic E-state index is 0.0469. The van der Waals surface area contributed by atoms with E-state index in [9.17, 15) is 9.59 Å². The number of carbonyl (C=O) groups excluding carboxylic acids is 2. The molecule has 3 rings (SSSR count). The molecule has 0 aromatic carbocycles. The molecular weight excluding hydrogens is 315 g/mol. The predicted molar refractivity (Wildman–Crippen MR) is 79.5 cm³/mol. The maximum absolute atomic E-state index is 12.0. The van der Waals surface area contributed by atoms with Crippen LogP contribution in [0.4, 0.5) is 10.6 Å². The summed E-state index contributed by atoms with van der Waals surface area (Å²) in [6.45, 7) is 1.01. The van der Waals surface area contributed by atoms with Crippen molar-refractivity contribution >= 4 is 41.0 Å². The average molecular weight is 329 g/mol. The van der Waals surface area contributed by atoms with Gasteiger partial charge in [0.2, 0.25) is 5.91 Å². The number of hydrogen-bond acceptors (Lipinski definition) is 3. The van der Waals surface area contributed by atoms with Crippen molar-refractivity contribution in [1.82, 2.24) is 15.2 Å². The number of urea groups is 1. The standard InChI is InChI=1S/C13H14Cl2N4O2/c14-9-3-11(16-4-10(9)15)18-13(21)19-5-8(6-19)17-12(20)7-1-2-7/h3-4,7-8H,1-2,5-6H2,(H,17,20)(H,16,18,21). The largest absolute Gasteiger partial charge is 0.350 e. The minimum Gasteiger partial charge on any atom is -0.350 e. The first kappa shape index (κ1) is 14.4. The fourth-order valence-electron chi connectivity index (χ4n) is 2.07. The van der Waals surface area contributed by atoms with Gasteiger partial charge in [-0.2, -0.15) is 0 Å². The quantitative estimate of drug-likeness (QED) is 0.892. The normalized spacial score (nSPS) is 18.1. The van der Waals surface area contributed by atoms with Crippen LogP contribution in [-0.2, 0) is 4.79 Å². The number of nitrogens with zero attached hydrogens (tertiary/aromatic N) is 2. The first-order chi connectivity index (χ1) is 10.0. The van der Waals surface area contributed by atoms with Gasteiger partial charge in [0.1, 0.15) is 5.82 Å². The molecular formula is C13H14Cl2N4O2. The number of hydrogen-bond donors (Lipinski definition) is 2. The van der Waals surface area contributed by atoms with Crippen molar-refractivity contribution in [1.29, 1.82) is 0 Å². The minimum atomic E-state index is -0.266. The Kier molecular flexibility index (Phi) is 3.91. The molecule has 2 fully saturated rings. The molecule has 1 saturated heterocycles. The van der Waals surface area contributed by atoms with E-state index in [0.29, 0.717) is 29.0 Å². The summed E-state index contributed by atoms with van der Waals surface area (Å²) in [5.74, 6) is 0.638. The van der Waals surface area contributed by atoms with Crippen LogP contribution < -0.4 is 10.6 Å². The van der Waals surface area contributed by atoms with Crippen molar-refractivity contribution in [2.75, 3.05) is 18.4 Å². The zero-order valence-corrected chi connectivity index (χ0v) is 12.6. The van der Waals surface area contributed by atoms with E-state index < -0.39 is 0 Å². The van der Waals surface area contributed by atoms with Gasteiger partial charge in [-0.3, -0.25) is 10.1 Å². The van der Waals surface area contributed by atoms with Crippen LogP contribution in [0.1, 0.15) is 12.8 Å². The number of likely N-dealkylation sites (tertiary alicyclic amines) is 1. The molecule has 6 nitrogen and oxygen atoms in total. The number of amides is 3. The highest BCUT2D eigenvalue weighted by Crippen LogP contribution is 2.29. The van der Waals surface area contributed by atoms with Crippen LogP contribution in [0.15, 0.2) is 12.3 Å². The maximum Gasteiger partial charge on any atom is 0.323 e. The Morgan fingerprint density at radius 3 is 2.57 bits per heavy atom. The fraction of sp³-hybridized carbons (Fsp3) is 0.462. The first-order valence-corrected chi connectivity index (χ1v) is 7.46. The molecule has 1 aromatic rings. The summed E-state index contributed by atoms with van der Waals surface area (Å²) in [5, 5.41) is 6.24. The molecule has 2 heterocycles. The van der Waals surface area contributed by atoms with E-state index in [1.54, 1.807) is 4.90 Å². The lowest BCUT2D eigenvalue weighted by Gasteiger charge is -2.39. The fourth-order valence-corrected chi connectivity index (χ4v) is 2.33. The van der Waals surface area contributed by atoms with Crippen molar-refractivity contribution in [2.24, 2.45) is 5.92 Å². The lowest BCUT2D eigenvalue weighted by molar-refractivity contribution is -0.123. The zero-order valence-electron chi connectivity index (χ0n) is 11.1. The van der Waals surface area contributed by atoms with E-state index in [1.165, 1.54) is 12.3 Å². The highest BCUT2D eigenvalue weighted by atomic mass is 35.5. The molecule has 0 atom stereocenters. The first-order valence-electron chi connectivity index (χ1n) is 6.70. The molecule has 21 heavy (non-hydrogen) atoms. The van der Waals surface area contributed by atoms with Crippen molar-refractivity contribution in [3.05, 3.63) is 22.3 Å². The van der Waals surface area contributed by atoms with E-state index in [4.69, 9.17) is 23.2 Å². The number of rotatable bonds is 3. The van der Waals surface area contributed by atoms with Gasteiger partial charge in [0.25, 0.3) is 0 Å². The Morgan fingerprint density at radius 2 is 1.95 bits per heavy atom. The maximum atomic E-state index is 12.0. The van der Waals surface area contributed by atoms with Crippen molar-refractivity contribution < 1.29 is 9.59 Å². The highest BCUT2D eigenvalue weighted by Gasteiger charge is 2.36. The Balaban J connectivity index is 1.46. The van der Waals surface area contributed by atoms with Crippen molar-refractivity contribution in [2.45, 2.75) is 18.9 Å². The smallest absolute Gasteiger partial charge is 0.323 e. The Hall–Kier alpha value is -1.53. The zero-order chi connectivity index (χ0) is 15.0. The number of pyridine rings is 1. The third-order valence-electron chi connectivity index (χ3n) is 3.51. The van der Waals surface area contributed by atoms with Gasteiger partial charge in [-0.1, -0.05) is 23.2 Å². The molecule has 1 saturated carbocycles. The Bertz CT molecular complexity index is 586. The van der Waals surface area contributed by atoms with Gasteiger partial charge in [-0.15, -0.1) is 0 Å². The summed E-state index contributed by atoms with van der Waals surface area (Å²) < 4.78 is 0. The summed E-state index contributed by atoms with van der Waals surface area (Å²) in [6.07, 6.45) is 3.34. The van der Waals surface area contributed by atoms with Crippen LogP contribution in [0.25, 0.3) is 0 Å². The lowest BCUT2D eigenvalue weighted by Crippen LogP contribution is -2.62. The monoisotopic (exact) mass is 328 g/mol. The molecule has 3 amide bonds. The second-order valence-electron chi connectivity index (χ2n) is 5.30. The van der Waals surface area contributed by atoms with Gasteiger partial charge in [0.15, 0.2) is 0 Å². The molecule has 8 heteroatoms. The summed E-state index contributed by atoms with van der Waals surface area (Å²) in [6, 6.07) is 1.27. The molecule has 1 aliphatic carbocycles. The number of carbonyl (C=O) groups is 2. The number of nitrogens with one attached hydrogen (secondary N) is 2. The number of anilines is 1. The van der Waals surface area contributed by atoms with Gasteiger partial charge >= 0.3 is 6.03 Å². The molecule has 0 bridgehead atoms. The summed E-state index contributed by atoms with van der Waals surface area (Å²) >= 11 is 11.6. The summed E-state index contributed by atoms with van der Waals surface area (Å²) in [4.78, 5) is 29.1. The van der Waals surface area contributed by atoms with Crippen LogP contribution in [0.3, 0.4) is 0 Å². The Morgan fingerprint density at radius 1 is 1.24 bits per heavy atom. The van der Waals surface area contributed by atoms with Crippen LogP contribution in [-0.4, -0.2) is 41.0 Å². The van der Waals surface area contributed by atoms with Gasteiger partial charge < -0.3 is 10.2 Å². The van der Waals surface area contributed by atoms with E-state index in [0.717, 1.165) is 12.8 Å². The second-order valence-corrected chi connectivity index (χ2v) is 6.11. The van der Waals surface area contributed by atoms with Gasteiger partial charge in [0, 0.05) is 31.3 Å². The van der Waals surface area contributed by atoms with Crippen molar-refractivity contribution in [3.8, 4) is 0 Å². The van der Waals surface area contributed by atoms with Crippen LogP contribution in [0.2, 0.25) is 10.0 Å². The van der Waals surface area contributed by atoms with Gasteiger partial charge in [0.05, 0.1) is 16.1 Å². The third kappa shape index (κ3) is 3.39. The van der Waals surface area contributed by atoms with E-state index >= 15 is 0 Å². The van der Waals surface area contributed by atoms with Crippen LogP contribution in [0, 0.1) is 5.92 Å². The second kappa shape index (κ2) is 5.69. The van der Waals surface area contributed by atoms with E-state index in [2.05, 4.69) is 15.6 Å². The molecule has 0 radical (unpaired) electrons. The molecule has 2 N–H and O–H groups in total. The molecule has 0 unspecified atom stereocenters. The topological polar surface area (TPSA) is 74.3 Å². The van der Waals surface area contributed by atoms with Gasteiger partial charge in [-0.05, 0) is 12.8 Å².